The van der Waals surface area contributed by atoms with Crippen molar-refractivity contribution >= 4 is 28.7 Å². The van der Waals surface area contributed by atoms with Crippen LogP contribution in [0.1, 0.15) is 11.1 Å². The van der Waals surface area contributed by atoms with Crippen molar-refractivity contribution in [2.45, 2.75) is 13.8 Å². The number of benzene rings is 2. The predicted molar refractivity (Wildman–Crippen MR) is 79.8 cm³/mol. The number of hydrogen-bond donors (Lipinski definition) is 1. The highest BCUT2D eigenvalue weighted by Crippen LogP contribution is 2.33. The van der Waals surface area contributed by atoms with Crippen LogP contribution in [0.15, 0.2) is 36.4 Å². The van der Waals surface area contributed by atoms with Gasteiger partial charge in [0.2, 0.25) is 0 Å². The van der Waals surface area contributed by atoms with Gasteiger partial charge in [0.15, 0.2) is 0 Å². The van der Waals surface area contributed by atoms with Gasteiger partial charge in [0.05, 0.1) is 11.4 Å². The Morgan fingerprint density at radius 2 is 1.67 bits per heavy atom. The molecular weight excluding hydrogens is 244 g/mol. The van der Waals surface area contributed by atoms with E-state index in [0.29, 0.717) is 10.7 Å². The third-order valence-electron chi connectivity index (χ3n) is 3.09. The molecule has 0 spiro atoms. The van der Waals surface area contributed by atoms with E-state index in [9.17, 15) is 0 Å². The van der Waals surface area contributed by atoms with E-state index in [1.807, 2.05) is 20.0 Å². The van der Waals surface area contributed by atoms with Crippen molar-refractivity contribution in [1.29, 1.82) is 0 Å². The van der Waals surface area contributed by atoms with Crippen LogP contribution >= 0.6 is 11.6 Å². The van der Waals surface area contributed by atoms with Crippen molar-refractivity contribution in [3.63, 3.8) is 0 Å². The number of nitrogens with two attached hydrogens (primary N) is 1. The Bertz CT molecular complexity index is 561. The minimum Gasteiger partial charge on any atom is -0.397 e. The molecule has 2 rings (SSSR count). The van der Waals surface area contributed by atoms with Crippen molar-refractivity contribution in [2.75, 3.05) is 17.7 Å². The third-order valence-corrected chi connectivity index (χ3v) is 3.50. The highest BCUT2D eigenvalue weighted by molar-refractivity contribution is 6.31. The molecule has 0 unspecified atom stereocenters. The molecule has 0 radical (unpaired) electrons. The highest BCUT2D eigenvalue weighted by Gasteiger charge is 2.09. The summed E-state index contributed by atoms with van der Waals surface area (Å²) in [5, 5.41) is 0.702. The molecule has 0 aliphatic heterocycles. The van der Waals surface area contributed by atoms with E-state index in [0.717, 1.165) is 16.9 Å². The maximum Gasteiger partial charge on any atom is 0.0645 e. The van der Waals surface area contributed by atoms with E-state index in [1.54, 1.807) is 6.07 Å². The molecule has 0 saturated heterocycles. The lowest BCUT2D eigenvalue weighted by Crippen LogP contribution is -2.11. The normalized spacial score (nSPS) is 10.4. The Hall–Kier alpha value is -1.67. The molecule has 2 N–H and O–H groups in total. The Morgan fingerprint density at radius 3 is 2.28 bits per heavy atom. The lowest BCUT2D eigenvalue weighted by molar-refractivity contribution is 1.20. The van der Waals surface area contributed by atoms with E-state index in [-0.39, 0.29) is 0 Å². The van der Waals surface area contributed by atoms with Gasteiger partial charge in [-0.25, -0.2) is 0 Å². The molecule has 0 heterocycles. The topological polar surface area (TPSA) is 29.3 Å². The first kappa shape index (κ1) is 12.8. The molecule has 0 aromatic heterocycles. The summed E-state index contributed by atoms with van der Waals surface area (Å²) in [6.45, 7) is 4.05. The van der Waals surface area contributed by atoms with Gasteiger partial charge in [0.25, 0.3) is 0 Å². The fraction of sp³-hybridized carbons (Fsp3) is 0.200. The van der Waals surface area contributed by atoms with E-state index < -0.39 is 0 Å². The lowest BCUT2D eigenvalue weighted by atomic mass is 10.1. The molecule has 0 aliphatic rings. The Labute approximate surface area is 113 Å². The number of nitrogens with zero attached hydrogens (tertiary/aromatic N) is 1. The first-order valence-corrected chi connectivity index (χ1v) is 6.23. The second kappa shape index (κ2) is 4.91. The molecule has 3 heteroatoms. The average molecular weight is 261 g/mol. The van der Waals surface area contributed by atoms with Gasteiger partial charge in [-0.3, -0.25) is 0 Å². The van der Waals surface area contributed by atoms with Crippen LogP contribution in [0.4, 0.5) is 17.1 Å². The number of aryl methyl sites for hydroxylation is 2. The van der Waals surface area contributed by atoms with Crippen LogP contribution < -0.4 is 10.6 Å². The largest absolute Gasteiger partial charge is 0.397 e. The summed E-state index contributed by atoms with van der Waals surface area (Å²) in [4.78, 5) is 2.07. The second-order valence-corrected chi connectivity index (χ2v) is 4.96. The molecule has 0 saturated carbocycles. The van der Waals surface area contributed by atoms with Gasteiger partial charge in [-0.2, -0.15) is 0 Å². The molecule has 2 nitrogen and oxygen atoms in total. The summed E-state index contributed by atoms with van der Waals surface area (Å²) in [6.07, 6.45) is 0. The van der Waals surface area contributed by atoms with Gasteiger partial charge in [-0.15, -0.1) is 0 Å². The zero-order valence-electron chi connectivity index (χ0n) is 10.9. The molecule has 0 atom stereocenters. The molecule has 2 aromatic carbocycles. The number of rotatable bonds is 2. The first-order chi connectivity index (χ1) is 8.49. The predicted octanol–water partition coefficient (Wildman–Crippen LogP) is 4.31. The number of nitrogen functional groups attached to an aromatic ring is 1. The van der Waals surface area contributed by atoms with Crippen molar-refractivity contribution < 1.29 is 0 Å². The van der Waals surface area contributed by atoms with E-state index in [2.05, 4.69) is 36.1 Å². The minimum atomic E-state index is 0.689. The molecular formula is C15H17ClN2. The minimum absolute atomic E-state index is 0.689. The molecule has 0 aliphatic carbocycles. The molecule has 18 heavy (non-hydrogen) atoms. The summed E-state index contributed by atoms with van der Waals surface area (Å²) in [6, 6.07) is 12.2. The first-order valence-electron chi connectivity index (χ1n) is 5.85. The van der Waals surface area contributed by atoms with Crippen LogP contribution in [0.25, 0.3) is 0 Å². The van der Waals surface area contributed by atoms with Gasteiger partial charge in [-0.05, 0) is 43.7 Å². The average Bonchev–Trinajstić information content (AvgIpc) is 2.34. The Morgan fingerprint density at radius 1 is 1.06 bits per heavy atom. The van der Waals surface area contributed by atoms with Crippen molar-refractivity contribution in [1.82, 2.24) is 0 Å². The molecule has 94 valence electrons. The number of anilines is 3. The summed E-state index contributed by atoms with van der Waals surface area (Å²) in [7, 11) is 2.00. The fourth-order valence-electron chi connectivity index (χ4n) is 1.88. The molecule has 0 amide bonds. The van der Waals surface area contributed by atoms with Crippen LogP contribution in [-0.2, 0) is 0 Å². The second-order valence-electron chi connectivity index (χ2n) is 4.55. The summed E-state index contributed by atoms with van der Waals surface area (Å²) in [5.41, 5.74) is 11.1. The van der Waals surface area contributed by atoms with Gasteiger partial charge in [0, 0.05) is 17.8 Å². The summed E-state index contributed by atoms with van der Waals surface area (Å²) >= 11 is 6.06. The van der Waals surface area contributed by atoms with Crippen molar-refractivity contribution in [2.24, 2.45) is 0 Å². The summed E-state index contributed by atoms with van der Waals surface area (Å²) in [5.74, 6) is 0. The number of hydrogen-bond acceptors (Lipinski definition) is 2. The number of halogens is 1. The van der Waals surface area contributed by atoms with Crippen LogP contribution in [0, 0.1) is 13.8 Å². The zero-order valence-corrected chi connectivity index (χ0v) is 11.6. The van der Waals surface area contributed by atoms with Crippen LogP contribution in [0.3, 0.4) is 0 Å². The van der Waals surface area contributed by atoms with Crippen LogP contribution in [0.2, 0.25) is 5.02 Å². The maximum atomic E-state index is 6.06. The van der Waals surface area contributed by atoms with E-state index in [4.69, 9.17) is 17.3 Å². The Balaban J connectivity index is 2.42. The highest BCUT2D eigenvalue weighted by atomic mass is 35.5. The quantitative estimate of drug-likeness (QED) is 0.816. The zero-order chi connectivity index (χ0) is 13.3. The van der Waals surface area contributed by atoms with Gasteiger partial charge >= 0.3 is 0 Å². The third kappa shape index (κ3) is 2.44. The van der Waals surface area contributed by atoms with Crippen LogP contribution in [-0.4, -0.2) is 7.05 Å². The Kier molecular flexibility index (Phi) is 3.48. The molecule has 0 bridgehead atoms. The standard InChI is InChI=1S/C15H17ClN2/c1-10-4-6-12(7-5-10)18(3)15-8-11(2)13(16)9-14(15)17/h4-9H,17H2,1-3H3. The fourth-order valence-corrected chi connectivity index (χ4v) is 2.05. The maximum absolute atomic E-state index is 6.06. The van der Waals surface area contributed by atoms with Gasteiger partial charge in [0.1, 0.15) is 0 Å². The molecule has 2 aromatic rings. The van der Waals surface area contributed by atoms with E-state index >= 15 is 0 Å². The van der Waals surface area contributed by atoms with E-state index in [1.165, 1.54) is 5.56 Å². The van der Waals surface area contributed by atoms with Gasteiger partial charge in [-0.1, -0.05) is 29.3 Å². The van der Waals surface area contributed by atoms with Crippen molar-refractivity contribution in [3.8, 4) is 0 Å². The summed E-state index contributed by atoms with van der Waals surface area (Å²) < 4.78 is 0. The van der Waals surface area contributed by atoms with Gasteiger partial charge < -0.3 is 10.6 Å². The van der Waals surface area contributed by atoms with Crippen molar-refractivity contribution in [3.05, 3.63) is 52.5 Å². The monoisotopic (exact) mass is 260 g/mol. The SMILES string of the molecule is Cc1ccc(N(C)c2cc(C)c(Cl)cc2N)cc1. The smallest absolute Gasteiger partial charge is 0.0645 e. The van der Waals surface area contributed by atoms with Crippen LogP contribution in [0.5, 0.6) is 0 Å². The lowest BCUT2D eigenvalue weighted by Gasteiger charge is -2.22. The molecule has 0 fully saturated rings.